The van der Waals surface area contributed by atoms with E-state index in [1.165, 1.54) is 11.6 Å². The first-order valence-corrected chi connectivity index (χ1v) is 11.8. The molecule has 0 radical (unpaired) electrons. The number of nitrogens with one attached hydrogen (secondary N) is 2. The lowest BCUT2D eigenvalue weighted by Crippen LogP contribution is -2.33. The van der Waals surface area contributed by atoms with Crippen molar-refractivity contribution in [3.8, 4) is 17.0 Å². The lowest BCUT2D eigenvalue weighted by Gasteiger charge is -2.10. The van der Waals surface area contributed by atoms with Gasteiger partial charge in [0.2, 0.25) is 5.91 Å². The van der Waals surface area contributed by atoms with Gasteiger partial charge in [-0.05, 0) is 74.1 Å². The van der Waals surface area contributed by atoms with E-state index >= 15 is 0 Å². The molecule has 2 N–H and O–H groups in total. The van der Waals surface area contributed by atoms with Crippen LogP contribution in [-0.2, 0) is 4.79 Å². The minimum atomic E-state index is -0.366. The Labute approximate surface area is 213 Å². The smallest absolute Gasteiger partial charge is 0.250 e. The summed E-state index contributed by atoms with van der Waals surface area (Å²) in [5, 5.41) is 15.1. The van der Waals surface area contributed by atoms with Crippen LogP contribution in [0.3, 0.4) is 0 Å². The van der Waals surface area contributed by atoms with Gasteiger partial charge in [0, 0.05) is 17.3 Å². The van der Waals surface area contributed by atoms with Crippen molar-refractivity contribution in [1.82, 2.24) is 20.3 Å². The molecule has 2 aromatic heterocycles. The Hall–Kier alpha value is -4.56. The molecule has 0 saturated heterocycles. The Balaban J connectivity index is 1.23. The van der Waals surface area contributed by atoms with E-state index in [1.54, 1.807) is 10.9 Å². The molecule has 8 heteroatoms. The Morgan fingerprint density at radius 2 is 1.67 bits per heavy atom. The Morgan fingerprint density at radius 3 is 2.42 bits per heavy atom. The van der Waals surface area contributed by atoms with Crippen LogP contribution in [0.25, 0.3) is 34.1 Å². The van der Waals surface area contributed by atoms with Crippen LogP contribution in [0.4, 0.5) is 5.69 Å². The number of anilines is 1. The number of hydrogen-bond acceptors (Lipinski definition) is 5. The van der Waals surface area contributed by atoms with E-state index in [1.807, 2.05) is 92.7 Å². The minimum Gasteiger partial charge on any atom is -0.457 e. The number of carbonyl (C=O) groups excluding carboxylic acids is 1. The van der Waals surface area contributed by atoms with E-state index in [4.69, 9.17) is 16.6 Å². The van der Waals surface area contributed by atoms with Crippen LogP contribution in [0.2, 0.25) is 0 Å². The summed E-state index contributed by atoms with van der Waals surface area (Å²) >= 11 is 5.35. The lowest BCUT2D eigenvalue weighted by molar-refractivity contribution is -0.115. The first-order valence-electron chi connectivity index (χ1n) is 11.3. The molecule has 7 nitrogen and oxygen atoms in total. The molecule has 0 spiro atoms. The summed E-state index contributed by atoms with van der Waals surface area (Å²) in [6, 6.07) is 25.2. The standard InChI is InChI=1S/C28H23N5O2S/c1-18-8-10-21(11-9-18)33-31-24-16-19(2)23(17-25(24)32-33)29-28(36)30-27(34)15-13-22-12-14-26(35-22)20-6-4-3-5-7-20/h3-17H,1-2H3,(H2,29,30,34,36)/b15-13+. The molecule has 0 saturated carbocycles. The molecule has 0 unspecified atom stereocenters. The van der Waals surface area contributed by atoms with Crippen molar-refractivity contribution in [1.29, 1.82) is 0 Å². The maximum Gasteiger partial charge on any atom is 0.250 e. The maximum atomic E-state index is 12.4. The zero-order valence-corrected chi connectivity index (χ0v) is 20.5. The number of fused-ring (bicyclic) bond motifs is 1. The molecule has 0 fully saturated rings. The van der Waals surface area contributed by atoms with Crippen molar-refractivity contribution >= 4 is 46.0 Å². The van der Waals surface area contributed by atoms with Gasteiger partial charge in [-0.25, -0.2) is 0 Å². The highest BCUT2D eigenvalue weighted by atomic mass is 32.1. The first kappa shape index (κ1) is 23.2. The van der Waals surface area contributed by atoms with Gasteiger partial charge in [0.1, 0.15) is 22.6 Å². The van der Waals surface area contributed by atoms with E-state index in [-0.39, 0.29) is 11.0 Å². The molecular formula is C28H23N5O2S. The molecule has 5 rings (SSSR count). The molecule has 0 bridgehead atoms. The van der Waals surface area contributed by atoms with Crippen LogP contribution in [0.1, 0.15) is 16.9 Å². The SMILES string of the molecule is Cc1ccc(-n2nc3cc(C)c(NC(=S)NC(=O)/C=C/c4ccc(-c5ccccc5)o4)cc3n2)cc1. The van der Waals surface area contributed by atoms with E-state index in [9.17, 15) is 4.79 Å². The first-order chi connectivity index (χ1) is 17.4. The monoisotopic (exact) mass is 493 g/mol. The van der Waals surface area contributed by atoms with Crippen LogP contribution >= 0.6 is 12.2 Å². The molecule has 2 heterocycles. The summed E-state index contributed by atoms with van der Waals surface area (Å²) in [5.74, 6) is 0.938. The highest BCUT2D eigenvalue weighted by Gasteiger charge is 2.11. The predicted octanol–water partition coefficient (Wildman–Crippen LogP) is 5.82. The molecule has 36 heavy (non-hydrogen) atoms. The van der Waals surface area contributed by atoms with Gasteiger partial charge >= 0.3 is 0 Å². The van der Waals surface area contributed by atoms with Gasteiger partial charge in [-0.1, -0.05) is 48.0 Å². The molecule has 1 amide bonds. The van der Waals surface area contributed by atoms with Crippen molar-refractivity contribution in [2.75, 3.05) is 5.32 Å². The van der Waals surface area contributed by atoms with Crippen molar-refractivity contribution < 1.29 is 9.21 Å². The van der Waals surface area contributed by atoms with Gasteiger partial charge in [-0.15, -0.1) is 10.2 Å². The summed E-state index contributed by atoms with van der Waals surface area (Å²) in [5.41, 5.74) is 6.17. The number of aromatic nitrogens is 3. The Morgan fingerprint density at radius 1 is 0.944 bits per heavy atom. The number of furan rings is 1. The second-order valence-corrected chi connectivity index (χ2v) is 8.73. The summed E-state index contributed by atoms with van der Waals surface area (Å²) in [6.45, 7) is 3.98. The maximum absolute atomic E-state index is 12.4. The highest BCUT2D eigenvalue weighted by Crippen LogP contribution is 2.23. The van der Waals surface area contributed by atoms with Crippen molar-refractivity contribution in [3.05, 3.63) is 102 Å². The largest absolute Gasteiger partial charge is 0.457 e. The predicted molar refractivity (Wildman–Crippen MR) is 146 cm³/mol. The number of thiocarbonyl (C=S) groups is 1. The highest BCUT2D eigenvalue weighted by molar-refractivity contribution is 7.80. The third-order valence-corrected chi connectivity index (χ3v) is 5.76. The Bertz CT molecular complexity index is 1580. The van der Waals surface area contributed by atoms with Gasteiger partial charge in [0.25, 0.3) is 0 Å². The van der Waals surface area contributed by atoms with Crippen LogP contribution in [0, 0.1) is 13.8 Å². The molecular weight excluding hydrogens is 470 g/mol. The normalized spacial score (nSPS) is 11.2. The van der Waals surface area contributed by atoms with Gasteiger partial charge in [0.15, 0.2) is 5.11 Å². The third-order valence-electron chi connectivity index (χ3n) is 5.56. The van der Waals surface area contributed by atoms with Crippen LogP contribution in [0.15, 0.2) is 89.4 Å². The average Bonchev–Trinajstić information content (AvgIpc) is 3.51. The zero-order valence-electron chi connectivity index (χ0n) is 19.7. The quantitative estimate of drug-likeness (QED) is 0.237. The Kier molecular flexibility index (Phi) is 6.42. The van der Waals surface area contributed by atoms with Crippen LogP contribution < -0.4 is 10.6 Å². The number of rotatable bonds is 5. The lowest BCUT2D eigenvalue weighted by atomic mass is 10.2. The summed E-state index contributed by atoms with van der Waals surface area (Å²) in [7, 11) is 0. The van der Waals surface area contributed by atoms with Gasteiger partial charge in [0.05, 0.1) is 5.69 Å². The van der Waals surface area contributed by atoms with Gasteiger partial charge < -0.3 is 9.73 Å². The summed E-state index contributed by atoms with van der Waals surface area (Å²) < 4.78 is 5.79. The molecule has 0 aliphatic rings. The number of nitrogens with zero attached hydrogens (tertiary/aromatic N) is 3. The fourth-order valence-corrected chi connectivity index (χ4v) is 3.87. The number of hydrogen-bond donors (Lipinski definition) is 2. The zero-order chi connectivity index (χ0) is 25.1. The molecule has 0 aliphatic carbocycles. The number of carbonyl (C=O) groups is 1. The molecule has 178 valence electrons. The van der Waals surface area contributed by atoms with E-state index in [0.29, 0.717) is 11.3 Å². The number of aryl methyl sites for hydroxylation is 2. The molecule has 0 aliphatic heterocycles. The minimum absolute atomic E-state index is 0.183. The van der Waals surface area contributed by atoms with Crippen molar-refractivity contribution in [3.63, 3.8) is 0 Å². The molecule has 5 aromatic rings. The second-order valence-electron chi connectivity index (χ2n) is 8.33. The average molecular weight is 494 g/mol. The number of benzene rings is 3. The van der Waals surface area contributed by atoms with Gasteiger partial charge in [-0.3, -0.25) is 10.1 Å². The van der Waals surface area contributed by atoms with E-state index < -0.39 is 0 Å². The van der Waals surface area contributed by atoms with Crippen molar-refractivity contribution in [2.45, 2.75) is 13.8 Å². The van der Waals surface area contributed by atoms with Gasteiger partial charge in [-0.2, -0.15) is 4.80 Å². The fraction of sp³-hybridized carbons (Fsp3) is 0.0714. The van der Waals surface area contributed by atoms with E-state index in [2.05, 4.69) is 20.8 Å². The molecule has 0 atom stereocenters. The second kappa shape index (κ2) is 9.97. The van der Waals surface area contributed by atoms with E-state index in [0.717, 1.165) is 33.8 Å². The van der Waals surface area contributed by atoms with Crippen molar-refractivity contribution in [2.24, 2.45) is 0 Å². The number of amides is 1. The van der Waals surface area contributed by atoms with Crippen LogP contribution in [0.5, 0.6) is 0 Å². The summed E-state index contributed by atoms with van der Waals surface area (Å²) in [4.78, 5) is 14.0. The van der Waals surface area contributed by atoms with Crippen LogP contribution in [-0.4, -0.2) is 26.0 Å². The summed E-state index contributed by atoms with van der Waals surface area (Å²) in [6.07, 6.45) is 2.98. The third kappa shape index (κ3) is 5.24. The molecule has 3 aromatic carbocycles. The topological polar surface area (TPSA) is 85.0 Å². The fourth-order valence-electron chi connectivity index (χ4n) is 3.66.